The Kier molecular flexibility index (Phi) is 4.51. The molecule has 0 N–H and O–H groups in total. The molecule has 0 spiro atoms. The van der Waals surface area contributed by atoms with Gasteiger partial charge in [-0.1, -0.05) is 18.2 Å². The van der Waals surface area contributed by atoms with E-state index in [-0.39, 0.29) is 10.9 Å². The molecule has 6 heteroatoms. The van der Waals surface area contributed by atoms with Crippen molar-refractivity contribution in [3.8, 4) is 5.75 Å². The average Bonchev–Trinajstić information content (AvgIpc) is 2.60. The molecule has 1 aliphatic rings. The van der Waals surface area contributed by atoms with Gasteiger partial charge in [0, 0.05) is 12.6 Å². The van der Waals surface area contributed by atoms with Gasteiger partial charge in [-0.25, -0.2) is 8.42 Å². The maximum absolute atomic E-state index is 13.1. The van der Waals surface area contributed by atoms with Crippen molar-refractivity contribution in [1.82, 2.24) is 4.90 Å². The zero-order valence-electron chi connectivity index (χ0n) is 14.1. The molecule has 0 bridgehead atoms. The lowest BCUT2D eigenvalue weighted by atomic mass is 9.97. The summed E-state index contributed by atoms with van der Waals surface area (Å²) in [6, 6.07) is 14.5. The normalized spacial score (nSPS) is 17.7. The fourth-order valence-electron chi connectivity index (χ4n) is 3.17. The van der Waals surface area contributed by atoms with Crippen molar-refractivity contribution in [1.29, 1.82) is 0 Å². The Morgan fingerprint density at radius 1 is 1.08 bits per heavy atom. The van der Waals surface area contributed by atoms with Gasteiger partial charge in [0.2, 0.25) is 0 Å². The first-order valence-electron chi connectivity index (χ1n) is 7.87. The summed E-state index contributed by atoms with van der Waals surface area (Å²) >= 11 is 0. The summed E-state index contributed by atoms with van der Waals surface area (Å²) in [6.45, 7) is 0.466. The van der Waals surface area contributed by atoms with Crippen molar-refractivity contribution in [3.63, 3.8) is 0 Å². The molecule has 5 nitrogen and oxygen atoms in total. The minimum absolute atomic E-state index is 0.225. The number of hydrogen-bond acceptors (Lipinski definition) is 4. The smallest absolute Gasteiger partial charge is 0.264 e. The Balaban J connectivity index is 2.03. The van der Waals surface area contributed by atoms with Gasteiger partial charge in [0.25, 0.3) is 10.0 Å². The molecule has 0 radical (unpaired) electrons. The monoisotopic (exact) mass is 346 g/mol. The second-order valence-corrected chi connectivity index (χ2v) is 7.94. The number of hydrogen-bond donors (Lipinski definition) is 0. The minimum atomic E-state index is -3.59. The molecule has 2 aromatic carbocycles. The number of benzene rings is 2. The van der Waals surface area contributed by atoms with Crippen LogP contribution in [0, 0.1) is 0 Å². The van der Waals surface area contributed by atoms with Gasteiger partial charge in [-0.05, 0) is 56.4 Å². The Hall–Kier alpha value is -2.05. The third-order valence-corrected chi connectivity index (χ3v) is 6.27. The fourth-order valence-corrected chi connectivity index (χ4v) is 4.68. The molecule has 0 aliphatic carbocycles. The van der Waals surface area contributed by atoms with Crippen molar-refractivity contribution in [3.05, 3.63) is 54.1 Å². The Morgan fingerprint density at radius 3 is 2.38 bits per heavy atom. The first kappa shape index (κ1) is 16.8. The summed E-state index contributed by atoms with van der Waals surface area (Å²) in [5.74, 6) is 0.640. The van der Waals surface area contributed by atoms with Crippen LogP contribution in [0.15, 0.2) is 53.4 Å². The van der Waals surface area contributed by atoms with Crippen molar-refractivity contribution in [2.75, 3.05) is 32.1 Å². The van der Waals surface area contributed by atoms with E-state index in [0.29, 0.717) is 12.3 Å². The lowest BCUT2D eigenvalue weighted by Gasteiger charge is -2.37. The maximum Gasteiger partial charge on any atom is 0.264 e. The molecule has 1 atom stereocenters. The fraction of sp³-hybridized carbons (Fsp3) is 0.333. The predicted octanol–water partition coefficient (Wildman–Crippen LogP) is 2.90. The quantitative estimate of drug-likeness (QED) is 0.854. The van der Waals surface area contributed by atoms with E-state index in [0.717, 1.165) is 17.7 Å². The van der Waals surface area contributed by atoms with E-state index in [4.69, 9.17) is 4.74 Å². The van der Waals surface area contributed by atoms with Gasteiger partial charge in [-0.15, -0.1) is 0 Å². The van der Waals surface area contributed by atoms with Crippen molar-refractivity contribution in [2.24, 2.45) is 0 Å². The van der Waals surface area contributed by atoms with Crippen LogP contribution in [-0.2, 0) is 10.0 Å². The Morgan fingerprint density at radius 2 is 1.75 bits per heavy atom. The van der Waals surface area contributed by atoms with Crippen LogP contribution in [0.2, 0.25) is 0 Å². The molecular weight excluding hydrogens is 324 g/mol. The number of methoxy groups -OCH3 is 1. The zero-order chi connectivity index (χ0) is 17.3. The largest absolute Gasteiger partial charge is 0.497 e. The lowest BCUT2D eigenvalue weighted by Crippen LogP contribution is -2.39. The van der Waals surface area contributed by atoms with Gasteiger partial charge >= 0.3 is 0 Å². The van der Waals surface area contributed by atoms with Crippen LogP contribution in [0.25, 0.3) is 0 Å². The summed E-state index contributed by atoms with van der Waals surface area (Å²) in [5, 5.41) is 0. The second-order valence-electron chi connectivity index (χ2n) is 6.08. The van der Waals surface area contributed by atoms with Gasteiger partial charge in [-0.3, -0.25) is 4.31 Å². The van der Waals surface area contributed by atoms with Crippen LogP contribution in [0.5, 0.6) is 5.75 Å². The summed E-state index contributed by atoms with van der Waals surface area (Å²) in [6.07, 6.45) is 0.763. The van der Waals surface area contributed by atoms with Crippen LogP contribution in [-0.4, -0.2) is 41.1 Å². The number of nitrogens with zero attached hydrogens (tertiary/aromatic N) is 2. The second kappa shape index (κ2) is 6.45. The van der Waals surface area contributed by atoms with E-state index in [2.05, 4.69) is 4.90 Å². The molecule has 0 saturated carbocycles. The van der Waals surface area contributed by atoms with Crippen LogP contribution < -0.4 is 9.04 Å². The lowest BCUT2D eigenvalue weighted by molar-refractivity contribution is 0.281. The maximum atomic E-state index is 13.1. The summed E-state index contributed by atoms with van der Waals surface area (Å²) < 4.78 is 32.8. The number of sulfonamides is 1. The Labute approximate surface area is 143 Å². The first-order valence-corrected chi connectivity index (χ1v) is 9.31. The van der Waals surface area contributed by atoms with Crippen molar-refractivity contribution >= 4 is 15.7 Å². The average molecular weight is 346 g/mol. The molecule has 3 rings (SSSR count). The van der Waals surface area contributed by atoms with E-state index < -0.39 is 10.0 Å². The number of fused-ring (bicyclic) bond motifs is 1. The molecule has 128 valence electrons. The molecule has 1 heterocycles. The SMILES string of the molecule is COc1ccc(S(=O)(=O)N2CCC(N(C)C)c3ccccc32)cc1. The van der Waals surface area contributed by atoms with E-state index in [1.165, 1.54) is 4.31 Å². The predicted molar refractivity (Wildman–Crippen MR) is 95.0 cm³/mol. The standard InChI is InChI=1S/C18H22N2O3S/c1-19(2)17-12-13-20(18-7-5-4-6-16(17)18)24(21,22)15-10-8-14(23-3)9-11-15/h4-11,17H,12-13H2,1-3H3. The van der Waals surface area contributed by atoms with Crippen molar-refractivity contribution < 1.29 is 13.2 Å². The van der Waals surface area contributed by atoms with E-state index in [9.17, 15) is 8.42 Å². The number of para-hydroxylation sites is 1. The Bertz CT molecular complexity index is 816. The summed E-state index contributed by atoms with van der Waals surface area (Å²) in [4.78, 5) is 2.41. The highest BCUT2D eigenvalue weighted by Gasteiger charge is 2.33. The van der Waals surface area contributed by atoms with E-state index in [1.54, 1.807) is 31.4 Å². The van der Waals surface area contributed by atoms with E-state index >= 15 is 0 Å². The third kappa shape index (κ3) is 2.87. The highest BCUT2D eigenvalue weighted by Crippen LogP contribution is 2.39. The van der Waals surface area contributed by atoms with Gasteiger partial charge in [0.1, 0.15) is 5.75 Å². The molecule has 0 amide bonds. The summed E-state index contributed by atoms with van der Waals surface area (Å²) in [5.41, 5.74) is 1.81. The van der Waals surface area contributed by atoms with Crippen LogP contribution in [0.1, 0.15) is 18.0 Å². The number of ether oxygens (including phenoxy) is 1. The van der Waals surface area contributed by atoms with Crippen LogP contribution in [0.3, 0.4) is 0 Å². The summed E-state index contributed by atoms with van der Waals surface area (Å²) in [7, 11) is 2.02. The number of rotatable bonds is 4. The highest BCUT2D eigenvalue weighted by molar-refractivity contribution is 7.92. The molecule has 0 fully saturated rings. The molecule has 1 unspecified atom stereocenters. The van der Waals surface area contributed by atoms with Crippen LogP contribution in [0.4, 0.5) is 5.69 Å². The van der Waals surface area contributed by atoms with Gasteiger partial charge in [-0.2, -0.15) is 0 Å². The minimum Gasteiger partial charge on any atom is -0.497 e. The molecule has 0 aromatic heterocycles. The molecular formula is C18H22N2O3S. The third-order valence-electron chi connectivity index (χ3n) is 4.44. The van der Waals surface area contributed by atoms with Crippen LogP contribution >= 0.6 is 0 Å². The molecule has 2 aromatic rings. The zero-order valence-corrected chi connectivity index (χ0v) is 15.0. The first-order chi connectivity index (χ1) is 11.4. The van der Waals surface area contributed by atoms with Gasteiger partial charge in [0.05, 0.1) is 17.7 Å². The molecule has 24 heavy (non-hydrogen) atoms. The highest BCUT2D eigenvalue weighted by atomic mass is 32.2. The van der Waals surface area contributed by atoms with Gasteiger partial charge in [0.15, 0.2) is 0 Å². The van der Waals surface area contributed by atoms with E-state index in [1.807, 2.05) is 38.4 Å². The molecule has 1 aliphatic heterocycles. The van der Waals surface area contributed by atoms with Gasteiger partial charge < -0.3 is 9.64 Å². The molecule has 0 saturated heterocycles. The topological polar surface area (TPSA) is 49.9 Å². The number of anilines is 1. The van der Waals surface area contributed by atoms with Crippen molar-refractivity contribution in [2.45, 2.75) is 17.4 Å².